The number of urea groups is 1. The van der Waals surface area contributed by atoms with Gasteiger partial charge in [-0.15, -0.1) is 0 Å². The minimum atomic E-state index is -0.669. The zero-order valence-corrected chi connectivity index (χ0v) is 13.1. The number of aromatic nitrogens is 2. The van der Waals surface area contributed by atoms with Crippen molar-refractivity contribution >= 4 is 11.9 Å². The fourth-order valence-electron chi connectivity index (χ4n) is 2.89. The topological polar surface area (TPSA) is 93.2 Å². The number of primary amides is 1. The molecule has 1 aliphatic heterocycles. The molecule has 0 radical (unpaired) electrons. The van der Waals surface area contributed by atoms with Gasteiger partial charge >= 0.3 is 6.03 Å². The fourth-order valence-corrected chi connectivity index (χ4v) is 2.89. The Balaban J connectivity index is 1.97. The first-order chi connectivity index (χ1) is 10.6. The standard InChI is InChI=1S/C15H25N5O2/c1-2-3-7-19-9-6-17-14(19)12-5-4-8-20(11-12)13(21)10-18-15(16)22/h6,9,12H,2-5,7-8,10-11H2,1H3,(H3,16,18,22)/t12-/m0/s1. The van der Waals surface area contributed by atoms with Crippen molar-refractivity contribution in [3.63, 3.8) is 0 Å². The highest BCUT2D eigenvalue weighted by molar-refractivity contribution is 5.83. The molecule has 0 aliphatic carbocycles. The quantitative estimate of drug-likeness (QED) is 0.823. The maximum atomic E-state index is 12.1. The van der Waals surface area contributed by atoms with Crippen molar-refractivity contribution in [1.82, 2.24) is 19.8 Å². The molecule has 2 heterocycles. The lowest BCUT2D eigenvalue weighted by Crippen LogP contribution is -2.45. The van der Waals surface area contributed by atoms with Crippen molar-refractivity contribution in [2.75, 3.05) is 19.6 Å². The molecular formula is C15H25N5O2. The normalized spacial score (nSPS) is 18.2. The fraction of sp³-hybridized carbons (Fsp3) is 0.667. The molecule has 122 valence electrons. The van der Waals surface area contributed by atoms with Gasteiger partial charge in [0.15, 0.2) is 0 Å². The van der Waals surface area contributed by atoms with E-state index in [2.05, 4.69) is 21.8 Å². The molecule has 0 bridgehead atoms. The second-order valence-electron chi connectivity index (χ2n) is 5.73. The van der Waals surface area contributed by atoms with Crippen LogP contribution < -0.4 is 11.1 Å². The number of nitrogens with zero attached hydrogens (tertiary/aromatic N) is 3. The van der Waals surface area contributed by atoms with Gasteiger partial charge in [0.1, 0.15) is 5.82 Å². The highest BCUT2D eigenvalue weighted by Gasteiger charge is 2.27. The van der Waals surface area contributed by atoms with Crippen LogP contribution in [0.2, 0.25) is 0 Å². The average Bonchev–Trinajstić information content (AvgIpc) is 2.99. The summed E-state index contributed by atoms with van der Waals surface area (Å²) in [5.74, 6) is 1.24. The van der Waals surface area contributed by atoms with Crippen LogP contribution in [0.4, 0.5) is 4.79 Å². The molecule has 1 saturated heterocycles. The Morgan fingerprint density at radius 1 is 1.50 bits per heavy atom. The van der Waals surface area contributed by atoms with Gasteiger partial charge < -0.3 is 20.5 Å². The lowest BCUT2D eigenvalue weighted by Gasteiger charge is -2.32. The van der Waals surface area contributed by atoms with E-state index in [4.69, 9.17) is 5.73 Å². The zero-order valence-electron chi connectivity index (χ0n) is 13.1. The Morgan fingerprint density at radius 2 is 2.32 bits per heavy atom. The molecule has 7 nitrogen and oxygen atoms in total. The Hall–Kier alpha value is -2.05. The first-order valence-corrected chi connectivity index (χ1v) is 7.94. The molecule has 1 aromatic rings. The van der Waals surface area contributed by atoms with Gasteiger partial charge in [0, 0.05) is 37.9 Å². The molecule has 7 heteroatoms. The Bertz CT molecular complexity index is 514. The highest BCUT2D eigenvalue weighted by Crippen LogP contribution is 2.26. The van der Waals surface area contributed by atoms with Gasteiger partial charge in [-0.05, 0) is 19.3 Å². The first-order valence-electron chi connectivity index (χ1n) is 7.94. The molecule has 0 unspecified atom stereocenters. The van der Waals surface area contributed by atoms with Gasteiger partial charge in [0.2, 0.25) is 5.91 Å². The van der Waals surface area contributed by atoms with E-state index in [9.17, 15) is 9.59 Å². The number of hydrogen-bond donors (Lipinski definition) is 2. The molecular weight excluding hydrogens is 282 g/mol. The molecule has 0 aromatic carbocycles. The number of unbranched alkanes of at least 4 members (excludes halogenated alkanes) is 1. The monoisotopic (exact) mass is 307 g/mol. The summed E-state index contributed by atoms with van der Waals surface area (Å²) in [4.78, 5) is 29.1. The van der Waals surface area contributed by atoms with Gasteiger partial charge in [-0.2, -0.15) is 0 Å². The van der Waals surface area contributed by atoms with Crippen LogP contribution in [-0.2, 0) is 11.3 Å². The maximum absolute atomic E-state index is 12.1. The van der Waals surface area contributed by atoms with E-state index >= 15 is 0 Å². The van der Waals surface area contributed by atoms with Crippen LogP contribution in [0.25, 0.3) is 0 Å². The molecule has 2 rings (SSSR count). The second-order valence-corrected chi connectivity index (χ2v) is 5.73. The number of piperidine rings is 1. The average molecular weight is 307 g/mol. The largest absolute Gasteiger partial charge is 0.352 e. The van der Waals surface area contributed by atoms with E-state index in [0.717, 1.165) is 44.6 Å². The molecule has 22 heavy (non-hydrogen) atoms. The van der Waals surface area contributed by atoms with E-state index in [-0.39, 0.29) is 18.4 Å². The van der Waals surface area contributed by atoms with Crippen LogP contribution in [0.15, 0.2) is 12.4 Å². The Morgan fingerprint density at radius 3 is 3.05 bits per heavy atom. The summed E-state index contributed by atoms with van der Waals surface area (Å²) in [6, 6.07) is -0.669. The van der Waals surface area contributed by atoms with E-state index in [1.165, 1.54) is 0 Å². The smallest absolute Gasteiger partial charge is 0.312 e. The second kappa shape index (κ2) is 7.82. The molecule has 1 aliphatic rings. The predicted molar refractivity (Wildman–Crippen MR) is 83.3 cm³/mol. The summed E-state index contributed by atoms with van der Waals surface area (Å²) in [6.45, 7) is 4.49. The summed E-state index contributed by atoms with van der Waals surface area (Å²) in [6.07, 6.45) is 8.11. The minimum absolute atomic E-state index is 0.0354. The SMILES string of the molecule is CCCCn1ccnc1[C@H]1CCCN(C(=O)CNC(N)=O)C1. The zero-order chi connectivity index (χ0) is 15.9. The number of rotatable bonds is 6. The third kappa shape index (κ3) is 4.22. The lowest BCUT2D eigenvalue weighted by molar-refractivity contribution is -0.131. The van der Waals surface area contributed by atoms with Crippen molar-refractivity contribution in [3.8, 4) is 0 Å². The third-order valence-corrected chi connectivity index (χ3v) is 4.05. The van der Waals surface area contributed by atoms with Crippen LogP contribution in [0.1, 0.15) is 44.3 Å². The third-order valence-electron chi connectivity index (χ3n) is 4.05. The van der Waals surface area contributed by atoms with Crippen molar-refractivity contribution in [2.45, 2.75) is 45.1 Å². The van der Waals surface area contributed by atoms with Crippen LogP contribution in [0.3, 0.4) is 0 Å². The Labute approximate surface area is 130 Å². The number of amides is 3. The van der Waals surface area contributed by atoms with Crippen LogP contribution in [0.5, 0.6) is 0 Å². The molecule has 0 saturated carbocycles. The van der Waals surface area contributed by atoms with Gasteiger partial charge in [0.05, 0.1) is 6.54 Å². The number of carbonyl (C=O) groups excluding carboxylic acids is 2. The molecule has 0 spiro atoms. The summed E-state index contributed by atoms with van der Waals surface area (Å²) in [5.41, 5.74) is 5.01. The first kappa shape index (κ1) is 16.3. The van der Waals surface area contributed by atoms with E-state index in [1.807, 2.05) is 12.4 Å². The summed E-state index contributed by atoms with van der Waals surface area (Å²) >= 11 is 0. The summed E-state index contributed by atoms with van der Waals surface area (Å²) in [7, 11) is 0. The maximum Gasteiger partial charge on any atom is 0.312 e. The number of nitrogens with two attached hydrogens (primary N) is 1. The summed E-state index contributed by atoms with van der Waals surface area (Å²) in [5, 5.41) is 2.36. The lowest BCUT2D eigenvalue weighted by atomic mass is 9.97. The van der Waals surface area contributed by atoms with Gasteiger partial charge in [-0.1, -0.05) is 13.3 Å². The van der Waals surface area contributed by atoms with Crippen molar-refractivity contribution < 1.29 is 9.59 Å². The van der Waals surface area contributed by atoms with E-state index in [0.29, 0.717) is 6.54 Å². The van der Waals surface area contributed by atoms with Gasteiger partial charge in [0.25, 0.3) is 0 Å². The Kier molecular flexibility index (Phi) is 5.80. The van der Waals surface area contributed by atoms with Crippen LogP contribution >= 0.6 is 0 Å². The van der Waals surface area contributed by atoms with Crippen molar-refractivity contribution in [2.24, 2.45) is 5.73 Å². The molecule has 3 N–H and O–H groups in total. The number of nitrogens with one attached hydrogen (secondary N) is 1. The van der Waals surface area contributed by atoms with Crippen LogP contribution in [0, 0.1) is 0 Å². The van der Waals surface area contributed by atoms with E-state index in [1.54, 1.807) is 4.90 Å². The molecule has 1 aromatic heterocycles. The molecule has 1 atom stereocenters. The number of hydrogen-bond acceptors (Lipinski definition) is 3. The number of likely N-dealkylation sites (tertiary alicyclic amines) is 1. The van der Waals surface area contributed by atoms with Crippen molar-refractivity contribution in [3.05, 3.63) is 18.2 Å². The van der Waals surface area contributed by atoms with E-state index < -0.39 is 6.03 Å². The number of imidazole rings is 1. The van der Waals surface area contributed by atoms with Crippen LogP contribution in [-0.4, -0.2) is 46.0 Å². The molecule has 3 amide bonds. The van der Waals surface area contributed by atoms with Crippen molar-refractivity contribution in [1.29, 1.82) is 0 Å². The number of carbonyl (C=O) groups is 2. The van der Waals surface area contributed by atoms with Gasteiger partial charge in [-0.3, -0.25) is 4.79 Å². The van der Waals surface area contributed by atoms with Gasteiger partial charge in [-0.25, -0.2) is 9.78 Å². The summed E-state index contributed by atoms with van der Waals surface area (Å²) < 4.78 is 2.20. The molecule has 1 fully saturated rings. The highest BCUT2D eigenvalue weighted by atomic mass is 16.2. The predicted octanol–water partition coefficient (Wildman–Crippen LogP) is 1.06. The number of aryl methyl sites for hydroxylation is 1. The minimum Gasteiger partial charge on any atom is -0.352 e.